The number of benzene rings is 3. The largest absolute Gasteiger partial charge is 0.368 e. The molecule has 4 heterocycles. The lowest BCUT2D eigenvalue weighted by Gasteiger charge is -2.36. The first-order chi connectivity index (χ1) is 21.1. The minimum atomic E-state index is -0.0569. The van der Waals surface area contributed by atoms with Gasteiger partial charge in [-0.1, -0.05) is 54.6 Å². The number of fused-ring (bicyclic) bond motifs is 2. The van der Waals surface area contributed by atoms with E-state index in [1.165, 1.54) is 5.56 Å². The number of pyridine rings is 1. The molecule has 0 unspecified atom stereocenters. The molecule has 1 fully saturated rings. The monoisotopic (exact) mass is 567 g/mol. The molecule has 0 saturated carbocycles. The Morgan fingerprint density at radius 3 is 2.19 bits per heavy atom. The zero-order valence-corrected chi connectivity index (χ0v) is 24.2. The lowest BCUT2D eigenvalue weighted by molar-refractivity contribution is 0.0736. The molecule has 3 aromatic carbocycles. The Hall–Kier alpha value is -5.17. The Balaban J connectivity index is 1.13. The zero-order chi connectivity index (χ0) is 29.3. The minimum Gasteiger partial charge on any atom is -0.368 e. The van der Waals surface area contributed by atoms with Crippen LogP contribution in [0.15, 0.2) is 109 Å². The number of amides is 2. The molecule has 7 heteroatoms. The van der Waals surface area contributed by atoms with E-state index in [0.717, 1.165) is 46.8 Å². The van der Waals surface area contributed by atoms with Crippen molar-refractivity contribution in [2.45, 2.75) is 20.0 Å². The Bertz CT molecular complexity index is 1790. The van der Waals surface area contributed by atoms with Gasteiger partial charge in [0.25, 0.3) is 11.8 Å². The van der Waals surface area contributed by atoms with E-state index in [9.17, 15) is 9.59 Å². The lowest BCUT2D eigenvalue weighted by Crippen LogP contribution is -2.49. The lowest BCUT2D eigenvalue weighted by atomic mass is 9.99. The van der Waals surface area contributed by atoms with E-state index in [-0.39, 0.29) is 11.8 Å². The molecule has 2 aromatic heterocycles. The van der Waals surface area contributed by atoms with Crippen molar-refractivity contribution >= 4 is 23.2 Å². The average molecular weight is 568 g/mol. The molecule has 0 radical (unpaired) electrons. The van der Waals surface area contributed by atoms with Gasteiger partial charge in [-0.2, -0.15) is 0 Å². The fourth-order valence-electron chi connectivity index (χ4n) is 6.26. The number of carbonyl (C=O) groups excluding carboxylic acids is 2. The fourth-order valence-corrected chi connectivity index (χ4v) is 6.26. The molecule has 2 aliphatic heterocycles. The summed E-state index contributed by atoms with van der Waals surface area (Å²) in [5.74, 6) is -0.0248. The second kappa shape index (κ2) is 11.2. The second-order valence-corrected chi connectivity index (χ2v) is 11.2. The number of para-hydroxylation sites is 1. The van der Waals surface area contributed by atoms with Crippen LogP contribution in [0.5, 0.6) is 0 Å². The van der Waals surface area contributed by atoms with E-state index in [0.29, 0.717) is 37.4 Å². The van der Waals surface area contributed by atoms with Gasteiger partial charge in [0, 0.05) is 61.2 Å². The van der Waals surface area contributed by atoms with Crippen molar-refractivity contribution in [2.24, 2.45) is 0 Å². The van der Waals surface area contributed by atoms with Gasteiger partial charge in [0.15, 0.2) is 0 Å². The predicted molar refractivity (Wildman–Crippen MR) is 169 cm³/mol. The van der Waals surface area contributed by atoms with Crippen LogP contribution in [-0.4, -0.2) is 52.4 Å². The third kappa shape index (κ3) is 5.07. The standard InChI is InChI=1S/C36H33N5O2/c1-26-6-2-4-8-32(26)27-10-12-28(13-11-27)35(42)41-25-31-14-15-34(40(31)24-29-7-3-5-9-33(29)41)36(43)39-22-20-38(21-23-39)30-16-18-37-19-17-30/h2-19H,20-25H2,1H3. The first kappa shape index (κ1) is 26.7. The third-order valence-corrected chi connectivity index (χ3v) is 8.65. The molecule has 43 heavy (non-hydrogen) atoms. The molecule has 2 aliphatic rings. The fraction of sp³-hybridized carbons (Fsp3) is 0.194. The summed E-state index contributed by atoms with van der Waals surface area (Å²) in [7, 11) is 0. The van der Waals surface area contributed by atoms with Crippen LogP contribution >= 0.6 is 0 Å². The van der Waals surface area contributed by atoms with Crippen LogP contribution in [0, 0.1) is 6.92 Å². The van der Waals surface area contributed by atoms with E-state index >= 15 is 0 Å². The summed E-state index contributed by atoms with van der Waals surface area (Å²) in [5, 5.41) is 0. The quantitative estimate of drug-likeness (QED) is 0.266. The molecule has 0 aliphatic carbocycles. The van der Waals surface area contributed by atoms with E-state index in [2.05, 4.69) is 33.5 Å². The van der Waals surface area contributed by atoms with Crippen LogP contribution < -0.4 is 9.80 Å². The summed E-state index contributed by atoms with van der Waals surface area (Å²) in [6.45, 7) is 5.88. The maximum Gasteiger partial charge on any atom is 0.270 e. The molecule has 0 spiro atoms. The van der Waals surface area contributed by atoms with Crippen molar-refractivity contribution in [2.75, 3.05) is 36.0 Å². The SMILES string of the molecule is Cc1ccccc1-c1ccc(C(=O)N2Cc3ccc(C(=O)N4CCN(c5ccncc5)CC4)n3Cc3ccccc32)cc1. The van der Waals surface area contributed by atoms with E-state index < -0.39 is 0 Å². The van der Waals surface area contributed by atoms with E-state index in [1.807, 2.05) is 94.7 Å². The molecule has 7 rings (SSSR count). The number of anilines is 2. The van der Waals surface area contributed by atoms with Gasteiger partial charge >= 0.3 is 0 Å². The Morgan fingerprint density at radius 1 is 0.698 bits per heavy atom. The summed E-state index contributed by atoms with van der Waals surface area (Å²) in [5.41, 5.74) is 8.71. The number of hydrogen-bond donors (Lipinski definition) is 0. The minimum absolute atomic E-state index is 0.0321. The van der Waals surface area contributed by atoms with Gasteiger partial charge in [-0.25, -0.2) is 0 Å². The van der Waals surface area contributed by atoms with Gasteiger partial charge in [0.05, 0.1) is 13.1 Å². The molecular weight excluding hydrogens is 534 g/mol. The average Bonchev–Trinajstić information content (AvgIpc) is 3.37. The second-order valence-electron chi connectivity index (χ2n) is 11.2. The molecule has 0 bridgehead atoms. The molecule has 214 valence electrons. The summed E-state index contributed by atoms with van der Waals surface area (Å²) < 4.78 is 2.09. The highest BCUT2D eigenvalue weighted by Crippen LogP contribution is 2.31. The first-order valence-electron chi connectivity index (χ1n) is 14.8. The Labute approximate surface area is 251 Å². The number of aryl methyl sites for hydroxylation is 1. The number of piperazine rings is 1. The highest BCUT2D eigenvalue weighted by molar-refractivity contribution is 6.07. The normalized spacial score (nSPS) is 14.6. The van der Waals surface area contributed by atoms with Gasteiger partial charge < -0.3 is 19.3 Å². The van der Waals surface area contributed by atoms with Gasteiger partial charge in [-0.15, -0.1) is 0 Å². The first-order valence-corrected chi connectivity index (χ1v) is 14.8. The maximum absolute atomic E-state index is 14.0. The number of carbonyl (C=O) groups is 2. The van der Waals surface area contributed by atoms with Crippen LogP contribution in [-0.2, 0) is 13.1 Å². The summed E-state index contributed by atoms with van der Waals surface area (Å²) >= 11 is 0. The van der Waals surface area contributed by atoms with Crippen molar-refractivity contribution < 1.29 is 9.59 Å². The molecule has 0 atom stereocenters. The van der Waals surface area contributed by atoms with Crippen molar-refractivity contribution in [1.29, 1.82) is 0 Å². The maximum atomic E-state index is 14.0. The van der Waals surface area contributed by atoms with E-state index in [4.69, 9.17) is 0 Å². The highest BCUT2D eigenvalue weighted by atomic mass is 16.2. The van der Waals surface area contributed by atoms with Crippen molar-refractivity contribution in [1.82, 2.24) is 14.5 Å². The zero-order valence-electron chi connectivity index (χ0n) is 24.2. The number of rotatable bonds is 4. The topological polar surface area (TPSA) is 61.7 Å². The number of nitrogens with zero attached hydrogens (tertiary/aromatic N) is 5. The summed E-state index contributed by atoms with van der Waals surface area (Å²) in [6, 6.07) is 32.1. The summed E-state index contributed by atoms with van der Waals surface area (Å²) in [4.78, 5) is 38.0. The molecule has 2 amide bonds. The van der Waals surface area contributed by atoms with Crippen LogP contribution in [0.3, 0.4) is 0 Å². The molecule has 1 saturated heterocycles. The van der Waals surface area contributed by atoms with Crippen molar-refractivity contribution in [3.63, 3.8) is 0 Å². The Kier molecular flexibility index (Phi) is 6.99. The molecular formula is C36H33N5O2. The van der Waals surface area contributed by atoms with E-state index in [1.54, 1.807) is 12.4 Å². The number of hydrogen-bond acceptors (Lipinski definition) is 4. The predicted octanol–water partition coefficient (Wildman–Crippen LogP) is 6.03. The molecule has 0 N–H and O–H groups in total. The highest BCUT2D eigenvalue weighted by Gasteiger charge is 2.30. The van der Waals surface area contributed by atoms with Gasteiger partial charge in [0.2, 0.25) is 0 Å². The Morgan fingerprint density at radius 2 is 1.42 bits per heavy atom. The summed E-state index contributed by atoms with van der Waals surface area (Å²) in [6.07, 6.45) is 3.60. The van der Waals surface area contributed by atoms with Crippen LogP contribution in [0.25, 0.3) is 11.1 Å². The number of aromatic nitrogens is 2. The smallest absolute Gasteiger partial charge is 0.270 e. The van der Waals surface area contributed by atoms with Gasteiger partial charge in [-0.3, -0.25) is 14.6 Å². The van der Waals surface area contributed by atoms with Gasteiger partial charge in [-0.05, 0) is 71.6 Å². The molecule has 5 aromatic rings. The van der Waals surface area contributed by atoms with Crippen LogP contribution in [0.1, 0.15) is 37.7 Å². The third-order valence-electron chi connectivity index (χ3n) is 8.65. The van der Waals surface area contributed by atoms with Crippen LogP contribution in [0.2, 0.25) is 0 Å². The molecule has 7 nitrogen and oxygen atoms in total. The van der Waals surface area contributed by atoms with Crippen LogP contribution in [0.4, 0.5) is 11.4 Å². The van der Waals surface area contributed by atoms with Crippen molar-refractivity contribution in [3.05, 3.63) is 138 Å². The van der Waals surface area contributed by atoms with Crippen molar-refractivity contribution in [3.8, 4) is 11.1 Å². The van der Waals surface area contributed by atoms with Gasteiger partial charge in [0.1, 0.15) is 5.69 Å².